The average Bonchev–Trinajstić information content (AvgIpc) is 2.07. The zero-order chi connectivity index (χ0) is 13.7. The van der Waals surface area contributed by atoms with E-state index in [1.807, 2.05) is 27.7 Å². The van der Waals surface area contributed by atoms with Gasteiger partial charge in [-0.3, -0.25) is 4.79 Å². The zero-order valence-corrected chi connectivity index (χ0v) is 12.4. The van der Waals surface area contributed by atoms with Crippen molar-refractivity contribution < 1.29 is 4.79 Å². The molecule has 1 unspecified atom stereocenters. The zero-order valence-electron chi connectivity index (χ0n) is 12.4. The van der Waals surface area contributed by atoms with Crippen LogP contribution in [0.2, 0.25) is 0 Å². The number of nitrogens with one attached hydrogen (secondary N) is 3. The Morgan fingerprint density at radius 1 is 1.00 bits per heavy atom. The number of carbonyl (C=O) groups is 1. The van der Waals surface area contributed by atoms with Gasteiger partial charge in [-0.15, -0.1) is 0 Å². The first kappa shape index (κ1) is 16.4. The third-order valence-electron chi connectivity index (χ3n) is 2.12. The maximum atomic E-state index is 11.8. The van der Waals surface area contributed by atoms with Crippen molar-refractivity contribution in [3.05, 3.63) is 0 Å². The molecule has 102 valence electrons. The van der Waals surface area contributed by atoms with Crippen molar-refractivity contribution in [1.82, 2.24) is 16.0 Å². The molecule has 0 aliphatic heterocycles. The molecule has 17 heavy (non-hydrogen) atoms. The highest BCUT2D eigenvalue weighted by Crippen LogP contribution is 1.99. The van der Waals surface area contributed by atoms with Crippen LogP contribution >= 0.6 is 0 Å². The van der Waals surface area contributed by atoms with Gasteiger partial charge in [-0.2, -0.15) is 0 Å². The van der Waals surface area contributed by atoms with Crippen LogP contribution < -0.4 is 16.0 Å². The number of rotatable bonds is 5. The van der Waals surface area contributed by atoms with Crippen LogP contribution in [0.15, 0.2) is 0 Å². The molecule has 4 heteroatoms. The summed E-state index contributed by atoms with van der Waals surface area (Å²) in [6.07, 6.45) is 0. The fraction of sp³-hybridized carbons (Fsp3) is 0.923. The van der Waals surface area contributed by atoms with Crippen molar-refractivity contribution in [3.63, 3.8) is 0 Å². The number of carbonyl (C=O) groups excluding carboxylic acids is 1. The molecule has 0 aromatic heterocycles. The van der Waals surface area contributed by atoms with Gasteiger partial charge in [-0.1, -0.05) is 0 Å². The van der Waals surface area contributed by atoms with Crippen LogP contribution in [0.25, 0.3) is 0 Å². The summed E-state index contributed by atoms with van der Waals surface area (Å²) in [7, 11) is 0. The Kier molecular flexibility index (Phi) is 6.13. The first-order chi connectivity index (χ1) is 7.51. The molecular formula is C13H29N3O. The molecule has 0 radical (unpaired) electrons. The third kappa shape index (κ3) is 10.3. The Labute approximate surface area is 106 Å². The summed E-state index contributed by atoms with van der Waals surface area (Å²) < 4.78 is 0. The van der Waals surface area contributed by atoms with Crippen molar-refractivity contribution in [2.24, 2.45) is 0 Å². The predicted molar refractivity (Wildman–Crippen MR) is 73.1 cm³/mol. The topological polar surface area (TPSA) is 53.2 Å². The van der Waals surface area contributed by atoms with Crippen LogP contribution in [-0.2, 0) is 4.79 Å². The molecule has 0 aliphatic rings. The molecule has 1 amide bonds. The van der Waals surface area contributed by atoms with Gasteiger partial charge < -0.3 is 16.0 Å². The van der Waals surface area contributed by atoms with Crippen molar-refractivity contribution in [2.45, 2.75) is 65.6 Å². The lowest BCUT2D eigenvalue weighted by Gasteiger charge is -2.24. The third-order valence-corrected chi connectivity index (χ3v) is 2.12. The minimum Gasteiger partial charge on any atom is -0.350 e. The molecule has 4 nitrogen and oxygen atoms in total. The quantitative estimate of drug-likeness (QED) is 0.637. The van der Waals surface area contributed by atoms with E-state index < -0.39 is 0 Å². The second-order valence-electron chi connectivity index (χ2n) is 6.59. The van der Waals surface area contributed by atoms with Gasteiger partial charge in [0.1, 0.15) is 0 Å². The van der Waals surface area contributed by atoms with Crippen molar-refractivity contribution in [1.29, 1.82) is 0 Å². The van der Waals surface area contributed by atoms with E-state index >= 15 is 0 Å². The lowest BCUT2D eigenvalue weighted by Crippen LogP contribution is -2.51. The highest BCUT2D eigenvalue weighted by atomic mass is 16.2. The Hall–Kier alpha value is -0.610. The fourth-order valence-electron chi connectivity index (χ4n) is 1.30. The number of hydrogen-bond acceptors (Lipinski definition) is 3. The highest BCUT2D eigenvalue weighted by Gasteiger charge is 2.18. The molecule has 0 aromatic carbocycles. The van der Waals surface area contributed by atoms with E-state index in [4.69, 9.17) is 0 Å². The van der Waals surface area contributed by atoms with Gasteiger partial charge in [-0.25, -0.2) is 0 Å². The second-order valence-corrected chi connectivity index (χ2v) is 6.59. The molecule has 3 N–H and O–H groups in total. The van der Waals surface area contributed by atoms with Gasteiger partial charge >= 0.3 is 0 Å². The Balaban J connectivity index is 3.80. The molecule has 0 rings (SSSR count). The normalized spacial score (nSPS) is 14.5. The summed E-state index contributed by atoms with van der Waals surface area (Å²) in [4.78, 5) is 11.8. The standard InChI is InChI=1S/C13H29N3O/c1-10(11(17)16-13(5,6)7)14-8-9-15-12(2,3)4/h10,14-15H,8-9H2,1-7H3,(H,16,17). The minimum atomic E-state index is -0.170. The summed E-state index contributed by atoms with van der Waals surface area (Å²) in [6.45, 7) is 15.9. The predicted octanol–water partition coefficient (Wildman–Crippen LogP) is 1.27. The smallest absolute Gasteiger partial charge is 0.237 e. The van der Waals surface area contributed by atoms with E-state index in [0.29, 0.717) is 0 Å². The molecule has 1 atom stereocenters. The maximum absolute atomic E-state index is 11.8. The van der Waals surface area contributed by atoms with Crippen LogP contribution in [0.3, 0.4) is 0 Å². The summed E-state index contributed by atoms with van der Waals surface area (Å²) in [5, 5.41) is 9.53. The largest absolute Gasteiger partial charge is 0.350 e. The van der Waals surface area contributed by atoms with Gasteiger partial charge in [0.25, 0.3) is 0 Å². The fourth-order valence-corrected chi connectivity index (χ4v) is 1.30. The monoisotopic (exact) mass is 243 g/mol. The summed E-state index contributed by atoms with van der Waals surface area (Å²) in [5.41, 5.74) is -0.0464. The Bertz CT molecular complexity index is 238. The Morgan fingerprint density at radius 2 is 1.53 bits per heavy atom. The first-order valence-corrected chi connectivity index (χ1v) is 6.32. The van der Waals surface area contributed by atoms with E-state index in [-0.39, 0.29) is 23.0 Å². The van der Waals surface area contributed by atoms with E-state index in [0.717, 1.165) is 13.1 Å². The van der Waals surface area contributed by atoms with Crippen LogP contribution in [0, 0.1) is 0 Å². The SMILES string of the molecule is CC(NCCNC(C)(C)C)C(=O)NC(C)(C)C. The Morgan fingerprint density at radius 3 is 1.94 bits per heavy atom. The summed E-state index contributed by atoms with van der Waals surface area (Å²) >= 11 is 0. The first-order valence-electron chi connectivity index (χ1n) is 6.32. The highest BCUT2D eigenvalue weighted by molar-refractivity contribution is 5.81. The van der Waals surface area contributed by atoms with E-state index in [9.17, 15) is 4.79 Å². The lowest BCUT2D eigenvalue weighted by atomic mass is 10.1. The van der Waals surface area contributed by atoms with Gasteiger partial charge in [0.15, 0.2) is 0 Å². The van der Waals surface area contributed by atoms with Crippen LogP contribution in [0.5, 0.6) is 0 Å². The summed E-state index contributed by atoms with van der Waals surface area (Å²) in [5.74, 6) is 0.0493. The minimum absolute atomic E-state index is 0.0493. The van der Waals surface area contributed by atoms with Gasteiger partial charge in [0.05, 0.1) is 6.04 Å². The number of hydrogen-bond donors (Lipinski definition) is 3. The van der Waals surface area contributed by atoms with Crippen LogP contribution in [-0.4, -0.2) is 36.1 Å². The molecule has 0 bridgehead atoms. The van der Waals surface area contributed by atoms with Crippen molar-refractivity contribution in [3.8, 4) is 0 Å². The second kappa shape index (κ2) is 6.36. The molecule has 0 heterocycles. The molecule has 0 fully saturated rings. The average molecular weight is 243 g/mol. The number of amides is 1. The lowest BCUT2D eigenvalue weighted by molar-refractivity contribution is -0.124. The van der Waals surface area contributed by atoms with Gasteiger partial charge in [0.2, 0.25) is 5.91 Å². The van der Waals surface area contributed by atoms with Crippen molar-refractivity contribution in [2.75, 3.05) is 13.1 Å². The van der Waals surface area contributed by atoms with Gasteiger partial charge in [-0.05, 0) is 48.5 Å². The van der Waals surface area contributed by atoms with Crippen molar-refractivity contribution >= 4 is 5.91 Å². The van der Waals surface area contributed by atoms with E-state index in [1.54, 1.807) is 0 Å². The maximum Gasteiger partial charge on any atom is 0.237 e. The van der Waals surface area contributed by atoms with E-state index in [1.165, 1.54) is 0 Å². The van der Waals surface area contributed by atoms with Gasteiger partial charge in [0, 0.05) is 24.2 Å². The molecule has 0 saturated heterocycles. The molecule has 0 spiro atoms. The molecular weight excluding hydrogens is 214 g/mol. The van der Waals surface area contributed by atoms with E-state index in [2.05, 4.69) is 36.7 Å². The molecule has 0 aliphatic carbocycles. The van der Waals surface area contributed by atoms with Crippen LogP contribution in [0.4, 0.5) is 0 Å². The summed E-state index contributed by atoms with van der Waals surface area (Å²) in [6, 6.07) is -0.156. The molecule has 0 aromatic rings. The molecule has 0 saturated carbocycles. The van der Waals surface area contributed by atoms with Crippen LogP contribution in [0.1, 0.15) is 48.5 Å².